The first-order valence-corrected chi connectivity index (χ1v) is 12.4. The lowest BCUT2D eigenvalue weighted by atomic mass is 9.94. The van der Waals surface area contributed by atoms with Crippen LogP contribution in [0.4, 0.5) is 5.69 Å². The lowest BCUT2D eigenvalue weighted by molar-refractivity contribution is 0.0943. The summed E-state index contributed by atoms with van der Waals surface area (Å²) in [7, 11) is -3.77. The van der Waals surface area contributed by atoms with Crippen molar-refractivity contribution in [3.05, 3.63) is 131 Å². The van der Waals surface area contributed by atoms with Crippen LogP contribution in [0.2, 0.25) is 0 Å². The van der Waals surface area contributed by atoms with Gasteiger partial charge in [0.25, 0.3) is 15.9 Å². The zero-order valence-corrected chi connectivity index (χ0v) is 19.8. The third kappa shape index (κ3) is 5.35. The Morgan fingerprint density at radius 1 is 0.765 bits per heavy atom. The predicted molar refractivity (Wildman–Crippen MR) is 135 cm³/mol. The van der Waals surface area contributed by atoms with Crippen LogP contribution < -0.4 is 10.0 Å². The van der Waals surface area contributed by atoms with Gasteiger partial charge in [-0.3, -0.25) is 9.52 Å². The average molecular weight is 471 g/mol. The summed E-state index contributed by atoms with van der Waals surface area (Å²) < 4.78 is 28.1. The summed E-state index contributed by atoms with van der Waals surface area (Å²) in [4.78, 5) is 13.4. The molecule has 1 amide bonds. The van der Waals surface area contributed by atoms with E-state index in [0.29, 0.717) is 11.3 Å². The van der Waals surface area contributed by atoms with E-state index in [1.165, 1.54) is 0 Å². The number of carbonyl (C=O) groups excluding carboxylic acids is 1. The molecule has 0 saturated carbocycles. The molecule has 0 aromatic heterocycles. The van der Waals surface area contributed by atoms with E-state index in [4.69, 9.17) is 0 Å². The number of sulfonamides is 1. The lowest BCUT2D eigenvalue weighted by Gasteiger charge is -2.22. The monoisotopic (exact) mass is 470 g/mol. The molecule has 0 aliphatic heterocycles. The van der Waals surface area contributed by atoms with Gasteiger partial charge in [0.1, 0.15) is 0 Å². The van der Waals surface area contributed by atoms with Crippen LogP contribution in [0, 0.1) is 13.8 Å². The van der Waals surface area contributed by atoms with E-state index < -0.39 is 10.0 Å². The van der Waals surface area contributed by atoms with Gasteiger partial charge in [-0.2, -0.15) is 0 Å². The van der Waals surface area contributed by atoms with E-state index in [1.54, 1.807) is 48.5 Å². The first-order valence-electron chi connectivity index (χ1n) is 10.9. The molecule has 2 N–H and O–H groups in total. The Morgan fingerprint density at radius 3 is 2.15 bits per heavy atom. The Kier molecular flexibility index (Phi) is 6.80. The predicted octanol–water partition coefficient (Wildman–Crippen LogP) is 5.62. The van der Waals surface area contributed by atoms with Crippen LogP contribution in [0.1, 0.15) is 38.7 Å². The number of anilines is 1. The molecule has 1 atom stereocenters. The molecule has 172 valence electrons. The zero-order valence-electron chi connectivity index (χ0n) is 19.0. The van der Waals surface area contributed by atoms with Crippen molar-refractivity contribution in [2.24, 2.45) is 0 Å². The second-order valence-corrected chi connectivity index (χ2v) is 9.86. The van der Waals surface area contributed by atoms with E-state index in [1.807, 2.05) is 68.4 Å². The van der Waals surface area contributed by atoms with Crippen LogP contribution in [0.15, 0.2) is 108 Å². The van der Waals surface area contributed by atoms with E-state index in [2.05, 4.69) is 10.0 Å². The van der Waals surface area contributed by atoms with Crippen LogP contribution in [0.25, 0.3) is 0 Å². The molecule has 0 aliphatic carbocycles. The Hall–Kier alpha value is -3.90. The van der Waals surface area contributed by atoms with Gasteiger partial charge in [0.05, 0.1) is 10.9 Å². The van der Waals surface area contributed by atoms with Crippen molar-refractivity contribution in [2.75, 3.05) is 4.72 Å². The van der Waals surface area contributed by atoms with Gasteiger partial charge in [0.15, 0.2) is 0 Å². The minimum absolute atomic E-state index is 0.164. The number of hydrogen-bond donors (Lipinski definition) is 2. The number of hydrogen-bond acceptors (Lipinski definition) is 3. The molecule has 0 aliphatic rings. The molecule has 6 heteroatoms. The molecule has 0 saturated heterocycles. The van der Waals surface area contributed by atoms with Crippen molar-refractivity contribution in [2.45, 2.75) is 24.8 Å². The summed E-state index contributed by atoms with van der Waals surface area (Å²) in [6.45, 7) is 3.91. The maximum absolute atomic E-state index is 13.2. The molecule has 0 fully saturated rings. The molecule has 0 radical (unpaired) electrons. The maximum Gasteiger partial charge on any atom is 0.261 e. The molecular formula is C28H26N2O3S. The molecule has 5 nitrogen and oxygen atoms in total. The fourth-order valence-electron chi connectivity index (χ4n) is 3.77. The second kappa shape index (κ2) is 9.93. The van der Waals surface area contributed by atoms with Gasteiger partial charge in [-0.05, 0) is 60.9 Å². The quantitative estimate of drug-likeness (QED) is 0.368. The fourth-order valence-corrected chi connectivity index (χ4v) is 4.82. The number of amides is 1. The van der Waals surface area contributed by atoms with Crippen molar-refractivity contribution in [1.82, 2.24) is 5.32 Å². The van der Waals surface area contributed by atoms with Crippen molar-refractivity contribution in [3.63, 3.8) is 0 Å². The van der Waals surface area contributed by atoms with Gasteiger partial charge in [0, 0.05) is 11.3 Å². The van der Waals surface area contributed by atoms with Crippen LogP contribution in [0.5, 0.6) is 0 Å². The molecular weight excluding hydrogens is 444 g/mol. The Morgan fingerprint density at radius 2 is 1.44 bits per heavy atom. The highest BCUT2D eigenvalue weighted by Crippen LogP contribution is 2.26. The summed E-state index contributed by atoms with van der Waals surface area (Å²) in [5.74, 6) is -0.298. The number of benzene rings is 4. The second-order valence-electron chi connectivity index (χ2n) is 8.17. The topological polar surface area (TPSA) is 75.3 Å². The fraction of sp³-hybridized carbons (Fsp3) is 0.107. The summed E-state index contributed by atoms with van der Waals surface area (Å²) in [5.41, 5.74) is 4.68. The van der Waals surface area contributed by atoms with Gasteiger partial charge in [-0.1, -0.05) is 78.4 Å². The van der Waals surface area contributed by atoms with Gasteiger partial charge in [-0.25, -0.2) is 8.42 Å². The van der Waals surface area contributed by atoms with Crippen LogP contribution >= 0.6 is 0 Å². The SMILES string of the molecule is Cc1ccc(S(=O)(=O)Nc2cccc(C(=O)N[C@@H](c3ccccc3)c3ccccc3C)c2)cc1. The van der Waals surface area contributed by atoms with Gasteiger partial charge in [0.2, 0.25) is 0 Å². The number of aryl methyl sites for hydroxylation is 2. The van der Waals surface area contributed by atoms with Crippen molar-refractivity contribution >= 4 is 21.6 Å². The van der Waals surface area contributed by atoms with Gasteiger partial charge in [-0.15, -0.1) is 0 Å². The lowest BCUT2D eigenvalue weighted by Crippen LogP contribution is -2.30. The average Bonchev–Trinajstić information content (AvgIpc) is 2.84. The number of nitrogens with one attached hydrogen (secondary N) is 2. The third-order valence-electron chi connectivity index (χ3n) is 5.62. The molecule has 0 bridgehead atoms. The summed E-state index contributed by atoms with van der Waals surface area (Å²) >= 11 is 0. The van der Waals surface area contributed by atoms with E-state index >= 15 is 0 Å². The standard InChI is InChI=1S/C28H26N2O3S/c1-20-15-17-25(18-16-20)34(32,33)30-24-13-8-12-23(19-24)28(31)29-27(22-10-4-3-5-11-22)26-14-7-6-9-21(26)2/h3-19,27,30H,1-2H3,(H,29,31)/t27-/m0/s1. The first kappa shape index (κ1) is 23.3. The normalized spacial score (nSPS) is 12.1. The molecule has 4 aromatic rings. The Labute approximate surface area is 200 Å². The van der Waals surface area contributed by atoms with E-state index in [0.717, 1.165) is 22.3 Å². The summed E-state index contributed by atoms with van der Waals surface area (Å²) in [5, 5.41) is 3.12. The van der Waals surface area contributed by atoms with Crippen molar-refractivity contribution < 1.29 is 13.2 Å². The smallest absolute Gasteiger partial charge is 0.261 e. The molecule has 0 heterocycles. The maximum atomic E-state index is 13.2. The van der Waals surface area contributed by atoms with E-state index in [9.17, 15) is 13.2 Å². The van der Waals surface area contributed by atoms with Crippen molar-refractivity contribution in [1.29, 1.82) is 0 Å². The highest BCUT2D eigenvalue weighted by Gasteiger charge is 2.20. The summed E-state index contributed by atoms with van der Waals surface area (Å²) in [6, 6.07) is 30.4. The van der Waals surface area contributed by atoms with Gasteiger partial charge >= 0.3 is 0 Å². The Bertz CT molecular complexity index is 1400. The minimum Gasteiger partial charge on any atom is -0.341 e. The van der Waals surface area contributed by atoms with Crippen LogP contribution in [-0.2, 0) is 10.0 Å². The summed E-state index contributed by atoms with van der Waals surface area (Å²) in [6.07, 6.45) is 0. The largest absolute Gasteiger partial charge is 0.341 e. The van der Waals surface area contributed by atoms with Gasteiger partial charge < -0.3 is 5.32 Å². The molecule has 4 aromatic carbocycles. The first-order chi connectivity index (χ1) is 16.3. The highest BCUT2D eigenvalue weighted by atomic mass is 32.2. The number of rotatable bonds is 7. The van der Waals surface area contributed by atoms with E-state index in [-0.39, 0.29) is 16.8 Å². The molecule has 0 unspecified atom stereocenters. The number of carbonyl (C=O) groups is 1. The molecule has 4 rings (SSSR count). The Balaban J connectivity index is 1.59. The highest BCUT2D eigenvalue weighted by molar-refractivity contribution is 7.92. The minimum atomic E-state index is -3.77. The van der Waals surface area contributed by atoms with Crippen molar-refractivity contribution in [3.8, 4) is 0 Å². The molecule has 34 heavy (non-hydrogen) atoms. The van der Waals surface area contributed by atoms with Crippen LogP contribution in [0.3, 0.4) is 0 Å². The zero-order chi connectivity index (χ0) is 24.1. The third-order valence-corrected chi connectivity index (χ3v) is 7.01. The molecule has 0 spiro atoms. The van der Waals surface area contributed by atoms with Crippen LogP contribution in [-0.4, -0.2) is 14.3 Å².